The highest BCUT2D eigenvalue weighted by atomic mass is 35.5. The van der Waals surface area contributed by atoms with E-state index in [1.54, 1.807) is 18.2 Å². The first-order valence-corrected chi connectivity index (χ1v) is 7.44. The van der Waals surface area contributed by atoms with E-state index in [0.717, 1.165) is 34.1 Å². The lowest BCUT2D eigenvalue weighted by Gasteiger charge is -2.09. The number of hydrogen-bond donors (Lipinski definition) is 3. The number of rotatable bonds is 3. The van der Waals surface area contributed by atoms with Gasteiger partial charge in [-0.25, -0.2) is 4.39 Å². The molecule has 0 spiro atoms. The number of nitrogens with one attached hydrogen (secondary N) is 2. The predicted octanol–water partition coefficient (Wildman–Crippen LogP) is 5.09. The molecule has 108 valence electrons. The van der Waals surface area contributed by atoms with Crippen LogP contribution < -0.4 is 4.72 Å². The number of hydrogen-bond acceptors (Lipinski definition) is 3. The molecule has 0 unspecified atom stereocenters. The van der Waals surface area contributed by atoms with Crippen LogP contribution in [-0.4, -0.2) is 10.1 Å². The van der Waals surface area contributed by atoms with Gasteiger partial charge in [0.25, 0.3) is 0 Å². The van der Waals surface area contributed by atoms with Crippen molar-refractivity contribution < 1.29 is 9.50 Å². The molecule has 3 rings (SSSR count). The lowest BCUT2D eigenvalue weighted by molar-refractivity contribution is 0.425. The molecule has 1 heterocycles. The van der Waals surface area contributed by atoms with Crippen molar-refractivity contribution in [3.63, 3.8) is 0 Å². The maximum atomic E-state index is 13.7. The molecule has 3 nitrogen and oxygen atoms in total. The molecule has 0 atom stereocenters. The van der Waals surface area contributed by atoms with Crippen LogP contribution in [-0.2, 0) is 0 Å². The predicted molar refractivity (Wildman–Crippen MR) is 85.6 cm³/mol. The van der Waals surface area contributed by atoms with Crippen molar-refractivity contribution in [3.05, 3.63) is 52.9 Å². The zero-order valence-electron chi connectivity index (χ0n) is 11.1. The van der Waals surface area contributed by atoms with Gasteiger partial charge in [-0.2, -0.15) is 0 Å². The molecular formula is C15H12ClFN2OS. The van der Waals surface area contributed by atoms with E-state index in [0.29, 0.717) is 9.92 Å². The summed E-state index contributed by atoms with van der Waals surface area (Å²) in [6.07, 6.45) is 1.88. The normalized spacial score (nSPS) is 11.0. The van der Waals surface area contributed by atoms with Gasteiger partial charge in [-0.15, -0.1) is 0 Å². The van der Waals surface area contributed by atoms with Crippen LogP contribution in [0.2, 0.25) is 5.02 Å². The third-order valence-corrected chi connectivity index (χ3v) is 4.37. The molecule has 0 amide bonds. The second-order valence-corrected chi connectivity index (χ2v) is 5.87. The Bertz CT molecular complexity index is 819. The van der Waals surface area contributed by atoms with Gasteiger partial charge in [-0.3, -0.25) is 0 Å². The summed E-state index contributed by atoms with van der Waals surface area (Å²) in [5.41, 5.74) is 2.72. The number of aromatic amines is 1. The number of fused-ring (bicyclic) bond motifs is 1. The molecule has 21 heavy (non-hydrogen) atoms. The molecule has 0 aliphatic carbocycles. The zero-order chi connectivity index (χ0) is 15.0. The summed E-state index contributed by atoms with van der Waals surface area (Å²) >= 11 is 7.29. The van der Waals surface area contributed by atoms with Gasteiger partial charge in [-0.1, -0.05) is 17.7 Å². The Morgan fingerprint density at radius 2 is 2.10 bits per heavy atom. The van der Waals surface area contributed by atoms with Crippen LogP contribution in [0.15, 0.2) is 41.4 Å². The van der Waals surface area contributed by atoms with E-state index >= 15 is 0 Å². The Kier molecular flexibility index (Phi) is 3.69. The van der Waals surface area contributed by atoms with Crippen molar-refractivity contribution in [3.8, 4) is 5.75 Å². The van der Waals surface area contributed by atoms with Gasteiger partial charge in [-0.05, 0) is 48.7 Å². The van der Waals surface area contributed by atoms with Crippen molar-refractivity contribution in [1.29, 1.82) is 0 Å². The number of benzene rings is 2. The summed E-state index contributed by atoms with van der Waals surface area (Å²) < 4.78 is 16.8. The molecule has 0 fully saturated rings. The molecule has 1 aromatic heterocycles. The fourth-order valence-corrected chi connectivity index (χ4v) is 3.18. The van der Waals surface area contributed by atoms with Crippen molar-refractivity contribution in [1.82, 2.24) is 4.98 Å². The first-order valence-electron chi connectivity index (χ1n) is 6.24. The summed E-state index contributed by atoms with van der Waals surface area (Å²) in [6.45, 7) is 1.97. The van der Waals surface area contributed by atoms with Crippen molar-refractivity contribution in [2.24, 2.45) is 0 Å². The highest BCUT2D eigenvalue weighted by molar-refractivity contribution is 8.00. The van der Waals surface area contributed by atoms with Gasteiger partial charge in [0, 0.05) is 11.6 Å². The molecule has 0 bridgehead atoms. The molecule has 2 aromatic carbocycles. The number of aromatic nitrogens is 1. The first kappa shape index (κ1) is 14.1. The second-order valence-electron chi connectivity index (χ2n) is 4.61. The minimum Gasteiger partial charge on any atom is -0.505 e. The Morgan fingerprint density at radius 3 is 2.90 bits per heavy atom. The van der Waals surface area contributed by atoms with Gasteiger partial charge in [0.1, 0.15) is 0 Å². The van der Waals surface area contributed by atoms with Gasteiger partial charge in [0.05, 0.1) is 21.1 Å². The molecule has 0 radical (unpaired) electrons. The number of H-pyrrole nitrogens is 1. The molecule has 0 saturated carbocycles. The Hall–Kier alpha value is -1.85. The van der Waals surface area contributed by atoms with E-state index in [-0.39, 0.29) is 5.75 Å². The van der Waals surface area contributed by atoms with Crippen LogP contribution in [0.4, 0.5) is 10.1 Å². The van der Waals surface area contributed by atoms with Crippen LogP contribution in [0, 0.1) is 12.7 Å². The Balaban J connectivity index is 1.92. The Morgan fingerprint density at radius 1 is 1.29 bits per heavy atom. The summed E-state index contributed by atoms with van der Waals surface area (Å²) in [6, 6.07) is 8.13. The van der Waals surface area contributed by atoms with E-state index in [9.17, 15) is 9.50 Å². The summed E-state index contributed by atoms with van der Waals surface area (Å²) in [4.78, 5) is 3.48. The van der Waals surface area contributed by atoms with E-state index < -0.39 is 5.82 Å². The van der Waals surface area contributed by atoms with Crippen LogP contribution in [0.3, 0.4) is 0 Å². The smallest absolute Gasteiger partial charge is 0.180 e. The fraction of sp³-hybridized carbons (Fsp3) is 0.0667. The third kappa shape index (κ3) is 2.54. The highest BCUT2D eigenvalue weighted by Crippen LogP contribution is 2.35. The minimum atomic E-state index is -0.636. The van der Waals surface area contributed by atoms with Gasteiger partial charge in [0.15, 0.2) is 11.6 Å². The van der Waals surface area contributed by atoms with Crippen LogP contribution >= 0.6 is 23.5 Å². The summed E-state index contributed by atoms with van der Waals surface area (Å²) in [5, 5.41) is 11.0. The van der Waals surface area contributed by atoms with E-state index in [4.69, 9.17) is 11.6 Å². The average Bonchev–Trinajstić information content (AvgIpc) is 2.86. The number of phenols is 1. The maximum absolute atomic E-state index is 13.7. The maximum Gasteiger partial charge on any atom is 0.180 e. The fourth-order valence-electron chi connectivity index (χ4n) is 2.14. The van der Waals surface area contributed by atoms with Crippen molar-refractivity contribution in [2.45, 2.75) is 11.8 Å². The van der Waals surface area contributed by atoms with Gasteiger partial charge >= 0.3 is 0 Å². The molecule has 3 N–H and O–H groups in total. The average molecular weight is 323 g/mol. The molecular weight excluding hydrogens is 311 g/mol. The number of aryl methyl sites for hydroxylation is 1. The Labute approximate surface area is 130 Å². The zero-order valence-corrected chi connectivity index (χ0v) is 12.6. The summed E-state index contributed by atoms with van der Waals surface area (Å²) in [7, 11) is 0. The molecule has 0 aliphatic rings. The SMILES string of the molecule is Cc1c[nH]c2c(NSc3cccc(O)c3F)ccc(Cl)c12. The highest BCUT2D eigenvalue weighted by Gasteiger charge is 2.11. The lowest BCUT2D eigenvalue weighted by atomic mass is 10.2. The second kappa shape index (κ2) is 5.50. The third-order valence-electron chi connectivity index (χ3n) is 3.20. The number of aromatic hydroxyl groups is 1. The monoisotopic (exact) mass is 322 g/mol. The van der Waals surface area contributed by atoms with Crippen LogP contribution in [0.25, 0.3) is 10.9 Å². The first-order chi connectivity index (χ1) is 10.1. The molecule has 6 heteroatoms. The number of phenolic OH excluding ortho intramolecular Hbond substituents is 1. The lowest BCUT2D eigenvalue weighted by Crippen LogP contribution is -1.91. The quantitative estimate of drug-likeness (QED) is 0.588. The largest absolute Gasteiger partial charge is 0.505 e. The van der Waals surface area contributed by atoms with E-state index in [1.807, 2.05) is 19.2 Å². The van der Waals surface area contributed by atoms with Gasteiger partial charge in [0.2, 0.25) is 0 Å². The van der Waals surface area contributed by atoms with Crippen LogP contribution in [0.5, 0.6) is 5.75 Å². The standard InChI is InChI=1S/C15H12ClFN2OS/c1-8-7-18-15-10(6-5-9(16)13(8)15)19-21-12-4-2-3-11(20)14(12)17/h2-7,18-20H,1H3. The number of halogens is 2. The van der Waals surface area contributed by atoms with E-state index in [1.165, 1.54) is 6.07 Å². The van der Waals surface area contributed by atoms with Gasteiger partial charge < -0.3 is 14.8 Å². The molecule has 3 aromatic rings. The number of anilines is 1. The minimum absolute atomic E-state index is 0.321. The van der Waals surface area contributed by atoms with Crippen molar-refractivity contribution in [2.75, 3.05) is 4.72 Å². The topological polar surface area (TPSA) is 48.0 Å². The van der Waals surface area contributed by atoms with E-state index in [2.05, 4.69) is 9.71 Å². The van der Waals surface area contributed by atoms with Crippen molar-refractivity contribution >= 4 is 40.1 Å². The molecule has 0 saturated heterocycles. The summed E-state index contributed by atoms with van der Waals surface area (Å²) in [5.74, 6) is -0.998. The molecule has 0 aliphatic heterocycles. The van der Waals surface area contributed by atoms with Crippen LogP contribution in [0.1, 0.15) is 5.56 Å².